The van der Waals surface area contributed by atoms with E-state index in [1.165, 1.54) is 5.39 Å². The molecule has 0 spiro atoms. The molecule has 0 amide bonds. The number of aromatic nitrogens is 3. The van der Waals surface area contributed by atoms with Crippen molar-refractivity contribution >= 4 is 28.5 Å². The first-order chi connectivity index (χ1) is 15.7. The van der Waals surface area contributed by atoms with Crippen molar-refractivity contribution in [1.82, 2.24) is 19.4 Å². The predicted molar refractivity (Wildman–Crippen MR) is 132 cm³/mol. The molecule has 168 valence electrons. The summed E-state index contributed by atoms with van der Waals surface area (Å²) < 4.78 is 1.75. The van der Waals surface area contributed by atoms with E-state index in [1.54, 1.807) is 16.3 Å². The summed E-state index contributed by atoms with van der Waals surface area (Å²) in [4.78, 5) is 27.2. The second-order valence-corrected chi connectivity index (χ2v) is 9.85. The molecule has 0 radical (unpaired) electrons. The molecule has 0 bridgehead atoms. The number of para-hydroxylation sites is 1. The van der Waals surface area contributed by atoms with Gasteiger partial charge in [-0.05, 0) is 56.8 Å². The van der Waals surface area contributed by atoms with Crippen molar-refractivity contribution in [3.05, 3.63) is 58.0 Å². The number of piperazine rings is 1. The lowest BCUT2D eigenvalue weighted by Gasteiger charge is -2.35. The van der Waals surface area contributed by atoms with Gasteiger partial charge in [0, 0.05) is 49.9 Å². The molecule has 1 aromatic carbocycles. The van der Waals surface area contributed by atoms with Gasteiger partial charge in [0.25, 0.3) is 5.56 Å². The molecule has 3 heterocycles. The average molecular weight is 450 g/mol. The Morgan fingerprint density at radius 3 is 2.66 bits per heavy atom. The van der Waals surface area contributed by atoms with Gasteiger partial charge in [0.2, 0.25) is 0 Å². The van der Waals surface area contributed by atoms with E-state index in [4.69, 9.17) is 9.97 Å². The monoisotopic (exact) mass is 449 g/mol. The Hall–Kier alpha value is -2.38. The SMILES string of the molecule is Cn1c(SCCCN2CCN(c3ccc4ccccc4n3)CC2)nc2c(c1=O)CCCC2. The first-order valence-corrected chi connectivity index (χ1v) is 12.7. The third-order valence-corrected chi connectivity index (χ3v) is 7.77. The normalized spacial score (nSPS) is 17.0. The molecule has 0 unspecified atom stereocenters. The number of anilines is 1. The van der Waals surface area contributed by atoms with Crippen molar-refractivity contribution in [2.75, 3.05) is 43.4 Å². The van der Waals surface area contributed by atoms with Crippen LogP contribution in [0.4, 0.5) is 5.82 Å². The van der Waals surface area contributed by atoms with Gasteiger partial charge in [-0.25, -0.2) is 9.97 Å². The van der Waals surface area contributed by atoms with Crippen LogP contribution >= 0.6 is 11.8 Å². The van der Waals surface area contributed by atoms with Gasteiger partial charge in [-0.3, -0.25) is 14.3 Å². The Bertz CT molecular complexity index is 1150. The molecule has 1 saturated heterocycles. The second kappa shape index (κ2) is 9.63. The second-order valence-electron chi connectivity index (χ2n) is 8.78. The average Bonchev–Trinajstić information content (AvgIpc) is 2.85. The van der Waals surface area contributed by atoms with Crippen LogP contribution in [-0.4, -0.2) is 57.9 Å². The summed E-state index contributed by atoms with van der Waals surface area (Å²) in [7, 11) is 1.87. The van der Waals surface area contributed by atoms with Crippen LogP contribution in [0, 0.1) is 0 Å². The molecular formula is C25H31N5OS. The number of nitrogens with zero attached hydrogens (tertiary/aromatic N) is 5. The highest BCUT2D eigenvalue weighted by molar-refractivity contribution is 7.99. The van der Waals surface area contributed by atoms with E-state index in [0.29, 0.717) is 0 Å². The Morgan fingerprint density at radius 1 is 0.969 bits per heavy atom. The lowest BCUT2D eigenvalue weighted by Crippen LogP contribution is -2.47. The largest absolute Gasteiger partial charge is 0.354 e. The maximum absolute atomic E-state index is 12.6. The minimum Gasteiger partial charge on any atom is -0.354 e. The Labute approximate surface area is 193 Å². The smallest absolute Gasteiger partial charge is 0.257 e. The molecule has 1 aliphatic carbocycles. The molecule has 0 atom stereocenters. The molecule has 7 heteroatoms. The quantitative estimate of drug-likeness (QED) is 0.326. The highest BCUT2D eigenvalue weighted by Crippen LogP contribution is 2.22. The summed E-state index contributed by atoms with van der Waals surface area (Å²) in [6.45, 7) is 5.24. The van der Waals surface area contributed by atoms with Gasteiger partial charge >= 0.3 is 0 Å². The zero-order chi connectivity index (χ0) is 21.9. The molecular weight excluding hydrogens is 418 g/mol. The number of fused-ring (bicyclic) bond motifs is 2. The third-order valence-electron chi connectivity index (χ3n) is 6.65. The first kappa shape index (κ1) is 21.5. The maximum atomic E-state index is 12.6. The maximum Gasteiger partial charge on any atom is 0.257 e. The van der Waals surface area contributed by atoms with Crippen LogP contribution in [0.3, 0.4) is 0 Å². The summed E-state index contributed by atoms with van der Waals surface area (Å²) in [5.41, 5.74) is 3.22. The van der Waals surface area contributed by atoms with Crippen LogP contribution < -0.4 is 10.5 Å². The van der Waals surface area contributed by atoms with Crippen molar-refractivity contribution in [1.29, 1.82) is 0 Å². The summed E-state index contributed by atoms with van der Waals surface area (Å²) >= 11 is 1.73. The van der Waals surface area contributed by atoms with Crippen LogP contribution in [0.1, 0.15) is 30.5 Å². The Morgan fingerprint density at radius 2 is 1.78 bits per heavy atom. The minimum atomic E-state index is 0.163. The lowest BCUT2D eigenvalue weighted by molar-refractivity contribution is 0.258. The molecule has 1 aliphatic heterocycles. The van der Waals surface area contributed by atoms with E-state index in [0.717, 1.165) is 98.3 Å². The molecule has 0 saturated carbocycles. The third kappa shape index (κ3) is 4.55. The van der Waals surface area contributed by atoms with E-state index in [9.17, 15) is 4.79 Å². The van der Waals surface area contributed by atoms with Gasteiger partial charge in [0.15, 0.2) is 5.16 Å². The Balaban J connectivity index is 1.10. The predicted octanol–water partition coefficient (Wildman–Crippen LogP) is 3.51. The molecule has 0 N–H and O–H groups in total. The topological polar surface area (TPSA) is 54.3 Å². The molecule has 6 nitrogen and oxygen atoms in total. The number of hydrogen-bond acceptors (Lipinski definition) is 6. The summed E-state index contributed by atoms with van der Waals surface area (Å²) in [6, 6.07) is 12.6. The fourth-order valence-corrected chi connectivity index (χ4v) is 5.64. The fourth-order valence-electron chi connectivity index (χ4n) is 4.74. The van der Waals surface area contributed by atoms with Gasteiger partial charge in [-0.2, -0.15) is 0 Å². The highest BCUT2D eigenvalue weighted by Gasteiger charge is 2.19. The molecule has 2 aliphatic rings. The zero-order valence-corrected chi connectivity index (χ0v) is 19.6. The van der Waals surface area contributed by atoms with Crippen molar-refractivity contribution in [2.45, 2.75) is 37.3 Å². The van der Waals surface area contributed by atoms with E-state index < -0.39 is 0 Å². The number of hydrogen-bond donors (Lipinski definition) is 0. The van der Waals surface area contributed by atoms with E-state index in [2.05, 4.69) is 40.1 Å². The van der Waals surface area contributed by atoms with Crippen molar-refractivity contribution in [3.8, 4) is 0 Å². The number of benzene rings is 1. The number of aryl methyl sites for hydroxylation is 1. The van der Waals surface area contributed by atoms with Crippen LogP contribution in [0.2, 0.25) is 0 Å². The van der Waals surface area contributed by atoms with E-state index in [-0.39, 0.29) is 5.56 Å². The van der Waals surface area contributed by atoms with Crippen LogP contribution in [0.25, 0.3) is 10.9 Å². The molecule has 5 rings (SSSR count). The van der Waals surface area contributed by atoms with Crippen LogP contribution in [0.15, 0.2) is 46.3 Å². The van der Waals surface area contributed by atoms with Gasteiger partial charge in [-0.1, -0.05) is 30.0 Å². The summed E-state index contributed by atoms with van der Waals surface area (Å²) in [6.07, 6.45) is 5.21. The number of thioether (sulfide) groups is 1. The number of pyridine rings is 1. The van der Waals surface area contributed by atoms with Crippen LogP contribution in [0.5, 0.6) is 0 Å². The van der Waals surface area contributed by atoms with Gasteiger partial charge in [0.05, 0.1) is 11.2 Å². The van der Waals surface area contributed by atoms with E-state index in [1.807, 2.05) is 13.1 Å². The van der Waals surface area contributed by atoms with Crippen LogP contribution in [-0.2, 0) is 19.9 Å². The number of rotatable bonds is 6. The van der Waals surface area contributed by atoms with E-state index >= 15 is 0 Å². The van der Waals surface area contributed by atoms with Gasteiger partial charge in [0.1, 0.15) is 5.82 Å². The van der Waals surface area contributed by atoms with Gasteiger partial charge < -0.3 is 4.90 Å². The van der Waals surface area contributed by atoms with Gasteiger partial charge in [-0.15, -0.1) is 0 Å². The summed E-state index contributed by atoms with van der Waals surface area (Å²) in [5, 5.41) is 2.07. The highest BCUT2D eigenvalue weighted by atomic mass is 32.2. The first-order valence-electron chi connectivity index (χ1n) is 11.7. The molecule has 32 heavy (non-hydrogen) atoms. The van der Waals surface area contributed by atoms with Crippen molar-refractivity contribution in [3.63, 3.8) is 0 Å². The Kier molecular flexibility index (Phi) is 6.46. The zero-order valence-electron chi connectivity index (χ0n) is 18.8. The minimum absolute atomic E-state index is 0.163. The molecule has 3 aromatic rings. The fraction of sp³-hybridized carbons (Fsp3) is 0.480. The lowest BCUT2D eigenvalue weighted by atomic mass is 9.97. The molecule has 2 aromatic heterocycles. The molecule has 1 fully saturated rings. The standard InChI is InChI=1S/C25H31N5OS/c1-28-24(31)20-8-3-5-10-22(20)27-25(28)32-18-6-13-29-14-16-30(17-15-29)23-12-11-19-7-2-4-9-21(19)26-23/h2,4,7,9,11-12H,3,5-6,8,10,13-18H2,1H3. The van der Waals surface area contributed by atoms with Crippen molar-refractivity contribution in [2.24, 2.45) is 7.05 Å². The van der Waals surface area contributed by atoms with Crippen molar-refractivity contribution < 1.29 is 0 Å². The summed E-state index contributed by atoms with van der Waals surface area (Å²) in [5.74, 6) is 2.07.